The van der Waals surface area contributed by atoms with Crippen molar-refractivity contribution in [1.82, 2.24) is 0 Å². The summed E-state index contributed by atoms with van der Waals surface area (Å²) in [4.78, 5) is 0. The minimum Gasteiger partial charge on any atom is -0.726 e. The average Bonchev–Trinajstić information content (AvgIpc) is 2.71. The van der Waals surface area contributed by atoms with E-state index >= 15 is 0 Å². The smallest absolute Gasteiger partial charge is 0.726 e. The summed E-state index contributed by atoms with van der Waals surface area (Å²) in [7, 11) is -4.72. The number of hydrogen-bond donors (Lipinski definition) is 1. The predicted octanol–water partition coefficient (Wildman–Crippen LogP) is 1.33. The molecule has 8 nitrogen and oxygen atoms in total. The fourth-order valence-corrected chi connectivity index (χ4v) is 2.70. The van der Waals surface area contributed by atoms with Gasteiger partial charge in [-0.05, 0) is 47.5 Å². The van der Waals surface area contributed by atoms with Crippen molar-refractivity contribution in [2.24, 2.45) is 10.2 Å². The largest absolute Gasteiger partial charge is 1.00 e. The molecule has 0 spiro atoms. The number of nitrogens with zero attached hydrogens (tertiary/aromatic N) is 2. The normalized spacial score (nSPS) is 11.2. The molecule has 0 fully saturated rings. The number of phenolic OH excluding ortho intramolecular Hbond substituents is 1. The summed E-state index contributed by atoms with van der Waals surface area (Å²) < 4.78 is 40.3. The number of aromatic hydroxyl groups is 1. The van der Waals surface area contributed by atoms with Gasteiger partial charge in [0, 0.05) is 0 Å². The Morgan fingerprint density at radius 2 is 1.57 bits per heavy atom. The molecule has 0 amide bonds. The van der Waals surface area contributed by atoms with Crippen molar-refractivity contribution in [3.8, 4) is 22.6 Å². The maximum absolute atomic E-state index is 10.3. The van der Waals surface area contributed by atoms with Crippen molar-refractivity contribution in [1.29, 1.82) is 0 Å². The standard InChI is InChI=1S/C20H18N2O6S.K/c23-20-11-6-16(15-4-2-1-3-5-15)14-19(20)22-21-17-7-9-18(10-8-17)27-12-13-28-29(24,25)26;/h1-11,14,23H,12-13H2,(H,24,25,26);/q;+1/p-1. The van der Waals surface area contributed by atoms with Crippen LogP contribution in [-0.2, 0) is 14.6 Å². The van der Waals surface area contributed by atoms with Crippen molar-refractivity contribution < 1.29 is 78.4 Å². The Hall–Kier alpha value is -1.63. The van der Waals surface area contributed by atoms with Crippen LogP contribution in [0, 0.1) is 0 Å². The van der Waals surface area contributed by atoms with E-state index in [2.05, 4.69) is 14.4 Å². The van der Waals surface area contributed by atoms with Gasteiger partial charge >= 0.3 is 51.4 Å². The molecule has 3 aromatic rings. The van der Waals surface area contributed by atoms with Gasteiger partial charge in [-0.25, -0.2) is 8.42 Å². The molecule has 0 heterocycles. The van der Waals surface area contributed by atoms with Crippen LogP contribution in [0.2, 0.25) is 0 Å². The molecule has 0 aliphatic carbocycles. The van der Waals surface area contributed by atoms with Gasteiger partial charge in [-0.3, -0.25) is 4.18 Å². The Morgan fingerprint density at radius 3 is 2.23 bits per heavy atom. The van der Waals surface area contributed by atoms with E-state index < -0.39 is 10.4 Å². The third-order valence-electron chi connectivity index (χ3n) is 3.77. The number of rotatable bonds is 8. The Morgan fingerprint density at radius 1 is 0.867 bits per heavy atom. The maximum Gasteiger partial charge on any atom is 1.00 e. The van der Waals surface area contributed by atoms with Gasteiger partial charge in [0.2, 0.25) is 10.4 Å². The minimum atomic E-state index is -4.72. The van der Waals surface area contributed by atoms with E-state index in [1.165, 1.54) is 0 Å². The molecule has 0 saturated carbocycles. The monoisotopic (exact) mass is 452 g/mol. The van der Waals surface area contributed by atoms with E-state index in [-0.39, 0.29) is 70.3 Å². The number of hydrogen-bond acceptors (Lipinski definition) is 8. The van der Waals surface area contributed by atoms with Gasteiger partial charge in [-0.2, -0.15) is 5.11 Å². The molecule has 0 aromatic heterocycles. The van der Waals surface area contributed by atoms with Crippen molar-refractivity contribution in [3.05, 3.63) is 72.8 Å². The van der Waals surface area contributed by atoms with Gasteiger partial charge in [0.25, 0.3) is 0 Å². The molecular weight excluding hydrogens is 435 g/mol. The molecule has 0 aliphatic heterocycles. The van der Waals surface area contributed by atoms with Gasteiger partial charge in [0.15, 0.2) is 0 Å². The van der Waals surface area contributed by atoms with E-state index in [0.717, 1.165) is 11.1 Å². The molecule has 0 radical (unpaired) electrons. The molecule has 3 aromatic carbocycles. The van der Waals surface area contributed by atoms with Gasteiger partial charge in [-0.1, -0.05) is 36.4 Å². The summed E-state index contributed by atoms with van der Waals surface area (Å²) in [5, 5.41) is 18.2. The Bertz CT molecular complexity index is 1090. The first kappa shape index (κ1) is 24.6. The van der Waals surface area contributed by atoms with Crippen LogP contribution < -0.4 is 56.1 Å². The summed E-state index contributed by atoms with van der Waals surface area (Å²) in [6, 6.07) is 21.3. The zero-order valence-corrected chi connectivity index (χ0v) is 20.1. The molecule has 150 valence electrons. The number of ether oxygens (including phenoxy) is 1. The summed E-state index contributed by atoms with van der Waals surface area (Å²) in [5.74, 6) is 0.464. The van der Waals surface area contributed by atoms with Crippen molar-refractivity contribution in [2.45, 2.75) is 0 Å². The van der Waals surface area contributed by atoms with E-state index in [0.29, 0.717) is 17.1 Å². The molecular formula is C20H17KN2O6S. The topological polar surface area (TPSA) is 121 Å². The number of benzene rings is 3. The third-order valence-corrected chi connectivity index (χ3v) is 4.23. The Kier molecular flexibility index (Phi) is 9.59. The van der Waals surface area contributed by atoms with Crippen LogP contribution >= 0.6 is 0 Å². The van der Waals surface area contributed by atoms with Crippen LogP contribution in [0.1, 0.15) is 0 Å². The average molecular weight is 453 g/mol. The van der Waals surface area contributed by atoms with Crippen molar-refractivity contribution in [2.75, 3.05) is 13.2 Å². The SMILES string of the molecule is O=S(=O)([O-])OCCOc1ccc(N=Nc2cc(-c3ccccc3)ccc2O)cc1.[K+]. The maximum atomic E-state index is 10.3. The first-order valence-corrected chi connectivity index (χ1v) is 9.87. The fraction of sp³-hybridized carbons (Fsp3) is 0.100. The molecule has 0 aliphatic rings. The van der Waals surface area contributed by atoms with Crippen LogP contribution in [0.5, 0.6) is 11.5 Å². The quantitative estimate of drug-likeness (QED) is 0.181. The molecule has 0 saturated heterocycles. The molecule has 0 unspecified atom stereocenters. The van der Waals surface area contributed by atoms with Gasteiger partial charge in [0.05, 0.1) is 12.3 Å². The third kappa shape index (κ3) is 7.89. The molecule has 30 heavy (non-hydrogen) atoms. The molecule has 1 N–H and O–H groups in total. The second-order valence-electron chi connectivity index (χ2n) is 5.84. The first-order chi connectivity index (χ1) is 13.9. The Labute approximate surface area is 217 Å². The van der Waals surface area contributed by atoms with E-state index in [1.54, 1.807) is 42.5 Å². The van der Waals surface area contributed by atoms with Crippen molar-refractivity contribution >= 4 is 21.8 Å². The van der Waals surface area contributed by atoms with Crippen LogP contribution in [-0.4, -0.2) is 31.3 Å². The zero-order valence-electron chi connectivity index (χ0n) is 16.1. The summed E-state index contributed by atoms with van der Waals surface area (Å²) in [5.41, 5.74) is 2.77. The van der Waals surface area contributed by atoms with Gasteiger partial charge in [-0.15, -0.1) is 5.11 Å². The fourth-order valence-electron chi connectivity index (χ4n) is 2.43. The summed E-state index contributed by atoms with van der Waals surface area (Å²) in [6.45, 7) is -0.465. The van der Waals surface area contributed by atoms with E-state index in [1.807, 2.05) is 30.3 Å². The minimum absolute atomic E-state index is 0. The van der Waals surface area contributed by atoms with Crippen LogP contribution in [0.15, 0.2) is 83.0 Å². The van der Waals surface area contributed by atoms with Gasteiger partial charge in [0.1, 0.15) is 23.8 Å². The van der Waals surface area contributed by atoms with Gasteiger partial charge < -0.3 is 14.4 Å². The van der Waals surface area contributed by atoms with Crippen molar-refractivity contribution in [3.63, 3.8) is 0 Å². The zero-order chi connectivity index (χ0) is 20.7. The summed E-state index contributed by atoms with van der Waals surface area (Å²) >= 11 is 0. The summed E-state index contributed by atoms with van der Waals surface area (Å²) in [6.07, 6.45) is 0. The Balaban J connectivity index is 0.00000320. The number of phenols is 1. The molecule has 0 bridgehead atoms. The second kappa shape index (κ2) is 11.7. The van der Waals surface area contributed by atoms with E-state index in [9.17, 15) is 18.1 Å². The first-order valence-electron chi connectivity index (χ1n) is 8.54. The van der Waals surface area contributed by atoms with Crippen LogP contribution in [0.4, 0.5) is 11.4 Å². The van der Waals surface area contributed by atoms with Crippen LogP contribution in [0.3, 0.4) is 0 Å². The molecule has 3 rings (SSSR count). The predicted molar refractivity (Wildman–Crippen MR) is 105 cm³/mol. The molecule has 0 atom stereocenters. The second-order valence-corrected chi connectivity index (χ2v) is 6.89. The molecule has 10 heteroatoms. The van der Waals surface area contributed by atoms with E-state index in [4.69, 9.17) is 4.74 Å². The number of azo groups is 1. The van der Waals surface area contributed by atoms with Crippen LogP contribution in [0.25, 0.3) is 11.1 Å².